The maximum Gasteiger partial charge on any atom is 0.248 e. The number of halogens is 1. The first-order chi connectivity index (χ1) is 16.7. The lowest BCUT2D eigenvalue weighted by Gasteiger charge is -2.38. The van der Waals surface area contributed by atoms with Crippen LogP contribution in [-0.2, 0) is 21.1 Å². The lowest BCUT2D eigenvalue weighted by atomic mass is 9.98. The number of hydrogen-bond acceptors (Lipinski definition) is 6. The highest BCUT2D eigenvalue weighted by Gasteiger charge is 2.36. The molecule has 180 valence electrons. The van der Waals surface area contributed by atoms with Crippen molar-refractivity contribution in [3.8, 4) is 6.07 Å². The molecule has 0 aliphatic carbocycles. The number of hydrogen-bond donors (Lipinski definition) is 1. The maximum atomic E-state index is 13.6. The van der Waals surface area contributed by atoms with Crippen molar-refractivity contribution in [2.45, 2.75) is 24.9 Å². The average molecular weight is 509 g/mol. The Kier molecular flexibility index (Phi) is 7.51. The average Bonchev–Trinajstić information content (AvgIpc) is 2.83. The van der Waals surface area contributed by atoms with Crippen LogP contribution in [0.4, 0.5) is 5.69 Å². The number of aromatic nitrogens is 1. The van der Waals surface area contributed by atoms with E-state index < -0.39 is 15.9 Å². The van der Waals surface area contributed by atoms with E-state index in [0.717, 1.165) is 16.8 Å². The molecule has 9 heteroatoms. The molecular formula is C26H25ClN4O3S. The molecule has 2 aromatic carbocycles. The standard InChI is InChI=1S/C26H25ClN4O3S/c1-35(33,34)12-10-22-17-31(24-4-2-3-21(27)15-24)26(32)25(30-22)20-9-11-29-23(14-20)13-18-5-7-19(16-28)8-6-18/h2-9,11,14-15,22,25,30H,10,12-13,17H2,1H3. The molecule has 0 spiro atoms. The Balaban J connectivity index is 1.62. The van der Waals surface area contributed by atoms with Gasteiger partial charge in [0.25, 0.3) is 0 Å². The number of anilines is 1. The topological polar surface area (TPSA) is 103 Å². The minimum Gasteiger partial charge on any atom is -0.309 e. The third kappa shape index (κ3) is 6.45. The van der Waals surface area contributed by atoms with Crippen LogP contribution in [0.5, 0.6) is 0 Å². The van der Waals surface area contributed by atoms with Gasteiger partial charge in [-0.2, -0.15) is 5.26 Å². The Labute approximate surface area is 210 Å². The second-order valence-electron chi connectivity index (χ2n) is 8.71. The molecular weight excluding hydrogens is 484 g/mol. The molecule has 1 amide bonds. The van der Waals surface area contributed by atoms with E-state index >= 15 is 0 Å². The number of nitriles is 1. The van der Waals surface area contributed by atoms with Crippen LogP contribution in [0.2, 0.25) is 5.02 Å². The number of pyridine rings is 1. The molecule has 4 rings (SSSR count). The van der Waals surface area contributed by atoms with Crippen molar-refractivity contribution < 1.29 is 13.2 Å². The van der Waals surface area contributed by atoms with Crippen LogP contribution in [-0.4, -0.2) is 43.9 Å². The van der Waals surface area contributed by atoms with Crippen molar-refractivity contribution in [3.63, 3.8) is 0 Å². The van der Waals surface area contributed by atoms with Gasteiger partial charge in [-0.1, -0.05) is 29.8 Å². The molecule has 7 nitrogen and oxygen atoms in total. The monoisotopic (exact) mass is 508 g/mol. The zero-order valence-electron chi connectivity index (χ0n) is 19.2. The summed E-state index contributed by atoms with van der Waals surface area (Å²) in [5, 5.41) is 12.9. The summed E-state index contributed by atoms with van der Waals surface area (Å²) >= 11 is 6.18. The summed E-state index contributed by atoms with van der Waals surface area (Å²) in [4.78, 5) is 19.7. The summed E-state index contributed by atoms with van der Waals surface area (Å²) in [6.45, 7) is 0.342. The quantitative estimate of drug-likeness (QED) is 0.522. The van der Waals surface area contributed by atoms with E-state index in [1.54, 1.807) is 47.5 Å². The van der Waals surface area contributed by atoms with Gasteiger partial charge in [-0.3, -0.25) is 15.1 Å². The smallest absolute Gasteiger partial charge is 0.248 e. The molecule has 2 atom stereocenters. The van der Waals surface area contributed by atoms with E-state index in [0.29, 0.717) is 35.7 Å². The molecule has 1 fully saturated rings. The normalized spacial score (nSPS) is 18.3. The van der Waals surface area contributed by atoms with Crippen molar-refractivity contribution in [2.75, 3.05) is 23.5 Å². The summed E-state index contributed by atoms with van der Waals surface area (Å²) in [7, 11) is -3.15. The molecule has 1 aliphatic rings. The van der Waals surface area contributed by atoms with Gasteiger partial charge in [0.05, 0.1) is 17.4 Å². The minimum absolute atomic E-state index is 0.0231. The van der Waals surface area contributed by atoms with Gasteiger partial charge in [0, 0.05) is 47.9 Å². The Bertz CT molecular complexity index is 1370. The fourth-order valence-electron chi connectivity index (χ4n) is 4.15. The number of nitrogens with zero attached hydrogens (tertiary/aromatic N) is 3. The van der Waals surface area contributed by atoms with E-state index in [-0.39, 0.29) is 17.7 Å². The first-order valence-electron chi connectivity index (χ1n) is 11.2. The zero-order chi connectivity index (χ0) is 25.0. The minimum atomic E-state index is -3.15. The van der Waals surface area contributed by atoms with E-state index in [9.17, 15) is 13.2 Å². The Morgan fingerprint density at radius 3 is 2.63 bits per heavy atom. The van der Waals surface area contributed by atoms with Gasteiger partial charge in [0.15, 0.2) is 0 Å². The van der Waals surface area contributed by atoms with Crippen molar-refractivity contribution in [1.29, 1.82) is 5.26 Å². The van der Waals surface area contributed by atoms with Gasteiger partial charge in [0.1, 0.15) is 15.9 Å². The number of sulfone groups is 1. The van der Waals surface area contributed by atoms with E-state index in [1.165, 1.54) is 6.26 Å². The van der Waals surface area contributed by atoms with Crippen molar-refractivity contribution in [1.82, 2.24) is 10.3 Å². The second kappa shape index (κ2) is 10.6. The number of rotatable bonds is 7. The summed E-state index contributed by atoms with van der Waals surface area (Å²) in [5.74, 6) is -0.117. The van der Waals surface area contributed by atoms with Crippen LogP contribution < -0.4 is 10.2 Å². The molecule has 35 heavy (non-hydrogen) atoms. The summed E-state index contributed by atoms with van der Waals surface area (Å²) in [6.07, 6.45) is 3.82. The number of nitrogens with one attached hydrogen (secondary N) is 1. The van der Waals surface area contributed by atoms with Gasteiger partial charge in [-0.05, 0) is 60.0 Å². The summed E-state index contributed by atoms with van der Waals surface area (Å²) in [5.41, 5.74) is 3.81. The summed E-state index contributed by atoms with van der Waals surface area (Å²) < 4.78 is 23.6. The van der Waals surface area contributed by atoms with E-state index in [1.807, 2.05) is 24.3 Å². The fourth-order valence-corrected chi connectivity index (χ4v) is 5.05. The largest absolute Gasteiger partial charge is 0.309 e. The molecule has 3 aromatic rings. The highest BCUT2D eigenvalue weighted by Crippen LogP contribution is 2.29. The SMILES string of the molecule is CS(=O)(=O)CCC1CN(c2cccc(Cl)c2)C(=O)C(c2ccnc(Cc3ccc(C#N)cc3)c2)N1. The Hall–Kier alpha value is -3.25. The van der Waals surface area contributed by atoms with E-state index in [4.69, 9.17) is 16.9 Å². The molecule has 0 saturated carbocycles. The molecule has 0 bridgehead atoms. The predicted molar refractivity (Wildman–Crippen MR) is 136 cm³/mol. The van der Waals surface area contributed by atoms with Gasteiger partial charge < -0.3 is 4.90 Å². The molecule has 1 aromatic heterocycles. The first-order valence-corrected chi connectivity index (χ1v) is 13.6. The van der Waals surface area contributed by atoms with Crippen LogP contribution >= 0.6 is 11.6 Å². The zero-order valence-corrected chi connectivity index (χ0v) is 20.8. The lowest BCUT2D eigenvalue weighted by molar-refractivity contribution is -0.122. The molecule has 2 heterocycles. The number of amides is 1. The first kappa shape index (κ1) is 24.9. The van der Waals surface area contributed by atoms with Crippen molar-refractivity contribution in [3.05, 3.63) is 94.3 Å². The lowest BCUT2D eigenvalue weighted by Crippen LogP contribution is -2.56. The van der Waals surface area contributed by atoms with Gasteiger partial charge in [-0.25, -0.2) is 8.42 Å². The van der Waals surface area contributed by atoms with Crippen LogP contribution in [0.3, 0.4) is 0 Å². The second-order valence-corrected chi connectivity index (χ2v) is 11.4. The number of carbonyl (C=O) groups excluding carboxylic acids is 1. The Morgan fingerprint density at radius 2 is 1.94 bits per heavy atom. The van der Waals surface area contributed by atoms with Crippen LogP contribution in [0, 0.1) is 11.3 Å². The van der Waals surface area contributed by atoms with Crippen LogP contribution in [0.1, 0.15) is 34.8 Å². The number of carbonyl (C=O) groups is 1. The number of benzene rings is 2. The van der Waals surface area contributed by atoms with Crippen molar-refractivity contribution >= 4 is 33.0 Å². The molecule has 2 unspecified atom stereocenters. The van der Waals surface area contributed by atoms with Crippen LogP contribution in [0.15, 0.2) is 66.9 Å². The summed E-state index contributed by atoms with van der Waals surface area (Å²) in [6, 6.07) is 19.3. The van der Waals surface area contributed by atoms with Crippen molar-refractivity contribution in [2.24, 2.45) is 0 Å². The van der Waals surface area contributed by atoms with Crippen LogP contribution in [0.25, 0.3) is 0 Å². The fraction of sp³-hybridized carbons (Fsp3) is 0.269. The van der Waals surface area contributed by atoms with Gasteiger partial charge >= 0.3 is 0 Å². The van der Waals surface area contributed by atoms with Gasteiger partial charge in [0.2, 0.25) is 5.91 Å². The molecule has 1 N–H and O–H groups in total. The maximum absolute atomic E-state index is 13.6. The van der Waals surface area contributed by atoms with Gasteiger partial charge in [-0.15, -0.1) is 0 Å². The molecule has 1 saturated heterocycles. The third-order valence-electron chi connectivity index (χ3n) is 5.92. The molecule has 0 radical (unpaired) electrons. The number of piperazine rings is 1. The highest BCUT2D eigenvalue weighted by molar-refractivity contribution is 7.90. The third-order valence-corrected chi connectivity index (χ3v) is 7.13. The highest BCUT2D eigenvalue weighted by atomic mass is 35.5. The van der Waals surface area contributed by atoms with E-state index in [2.05, 4.69) is 16.4 Å². The predicted octanol–water partition coefficient (Wildman–Crippen LogP) is 3.68. The Morgan fingerprint density at radius 1 is 1.17 bits per heavy atom. The molecule has 1 aliphatic heterocycles.